The van der Waals surface area contributed by atoms with Crippen LogP contribution in [0.4, 0.5) is 0 Å². The van der Waals surface area contributed by atoms with Crippen molar-refractivity contribution in [3.63, 3.8) is 0 Å². The first-order chi connectivity index (χ1) is 5.77. The van der Waals surface area contributed by atoms with E-state index in [1.165, 1.54) is 0 Å². The summed E-state index contributed by atoms with van der Waals surface area (Å²) in [6, 6.07) is 7.29. The van der Waals surface area contributed by atoms with Crippen LogP contribution in [-0.2, 0) is 0 Å². The summed E-state index contributed by atoms with van der Waals surface area (Å²) in [6.07, 6.45) is 0. The molecule has 0 bridgehead atoms. The molecule has 1 heterocycles. The van der Waals surface area contributed by atoms with Gasteiger partial charge in [0.15, 0.2) is 7.85 Å². The lowest BCUT2D eigenvalue weighted by Gasteiger charge is -1.96. The van der Waals surface area contributed by atoms with E-state index in [1.54, 1.807) is 13.9 Å². The lowest BCUT2D eigenvalue weighted by Crippen LogP contribution is -2.23. The molecule has 2 rings (SSSR count). The van der Waals surface area contributed by atoms with Crippen LogP contribution in [-0.4, -0.2) is 17.8 Å². The maximum atomic E-state index is 11.3. The zero-order valence-corrected chi connectivity index (χ0v) is 6.66. The lowest BCUT2D eigenvalue weighted by atomic mass is 10.1. The molecule has 12 heavy (non-hydrogen) atoms. The number of para-hydroxylation sites is 1. The first kappa shape index (κ1) is 7.09. The third-order valence-electron chi connectivity index (χ3n) is 1.73. The third-order valence-corrected chi connectivity index (χ3v) is 1.73. The van der Waals surface area contributed by atoms with Crippen molar-refractivity contribution in [2.75, 3.05) is 0 Å². The van der Waals surface area contributed by atoms with E-state index < -0.39 is 0 Å². The van der Waals surface area contributed by atoms with Crippen LogP contribution in [0.25, 0.3) is 10.9 Å². The number of nitrogens with zero attached hydrogens (tertiary/aromatic N) is 1. The van der Waals surface area contributed by atoms with Crippen LogP contribution in [0.1, 0.15) is 0 Å². The van der Waals surface area contributed by atoms with Gasteiger partial charge < -0.3 is 4.98 Å². The largest absolute Gasteiger partial charge is 0.319 e. The molecule has 0 aliphatic rings. The van der Waals surface area contributed by atoms with E-state index in [9.17, 15) is 4.79 Å². The molecule has 58 valence electrons. The van der Waals surface area contributed by atoms with Crippen molar-refractivity contribution in [3.05, 3.63) is 34.6 Å². The highest BCUT2D eigenvalue weighted by Crippen LogP contribution is 2.01. The van der Waals surface area contributed by atoms with E-state index in [2.05, 4.69) is 9.97 Å². The molecule has 1 aromatic carbocycles. The van der Waals surface area contributed by atoms with Gasteiger partial charge in [0.1, 0.15) is 0 Å². The highest BCUT2D eigenvalue weighted by atomic mass is 16.1. The fourth-order valence-corrected chi connectivity index (χ4v) is 1.20. The van der Waals surface area contributed by atoms with Crippen molar-refractivity contribution in [1.29, 1.82) is 0 Å². The number of fused-ring (bicyclic) bond motifs is 1. The number of aromatic nitrogens is 2. The van der Waals surface area contributed by atoms with Gasteiger partial charge in [-0.3, -0.25) is 4.79 Å². The first-order valence-electron chi connectivity index (χ1n) is 3.73. The summed E-state index contributed by atoms with van der Waals surface area (Å²) in [7, 11) is 1.77. The standard InChI is InChI=1S/C8H7BN2O/c9-8-10-6-4-2-1-3-5(6)7(12)11-8/h1-4H,9H2,(H,10,11,12). The normalized spacial score (nSPS) is 10.3. The summed E-state index contributed by atoms with van der Waals surface area (Å²) in [5.41, 5.74) is 1.33. The smallest absolute Gasteiger partial charge is 0.258 e. The van der Waals surface area contributed by atoms with Crippen LogP contribution in [0.2, 0.25) is 0 Å². The average molecular weight is 158 g/mol. The average Bonchev–Trinajstić information content (AvgIpc) is 2.04. The third kappa shape index (κ3) is 1.01. The monoisotopic (exact) mass is 158 g/mol. The van der Waals surface area contributed by atoms with Crippen LogP contribution >= 0.6 is 0 Å². The van der Waals surface area contributed by atoms with Crippen molar-refractivity contribution in [2.45, 2.75) is 0 Å². The molecule has 0 saturated carbocycles. The number of hydrogen-bond donors (Lipinski definition) is 1. The van der Waals surface area contributed by atoms with E-state index in [-0.39, 0.29) is 5.56 Å². The molecule has 0 aliphatic carbocycles. The molecule has 4 heteroatoms. The van der Waals surface area contributed by atoms with Gasteiger partial charge >= 0.3 is 0 Å². The minimum atomic E-state index is -0.0712. The molecule has 0 atom stereocenters. The number of aromatic amines is 1. The van der Waals surface area contributed by atoms with Crippen molar-refractivity contribution in [2.24, 2.45) is 0 Å². The Balaban J connectivity index is 2.99. The SMILES string of the molecule is Bc1nc2ccccc2c(=O)[nH]1. The van der Waals surface area contributed by atoms with E-state index in [4.69, 9.17) is 0 Å². The van der Waals surface area contributed by atoms with E-state index in [0.29, 0.717) is 11.1 Å². The Morgan fingerprint density at radius 2 is 2.08 bits per heavy atom. The number of benzene rings is 1. The van der Waals surface area contributed by atoms with Gasteiger partial charge in [0, 0.05) is 0 Å². The van der Waals surface area contributed by atoms with E-state index in [0.717, 1.165) is 5.52 Å². The van der Waals surface area contributed by atoms with Crippen LogP contribution in [0.15, 0.2) is 29.1 Å². The zero-order chi connectivity index (χ0) is 8.55. The Morgan fingerprint density at radius 1 is 1.33 bits per heavy atom. The predicted molar refractivity (Wildman–Crippen MR) is 50.5 cm³/mol. The molecular formula is C8H7BN2O. The van der Waals surface area contributed by atoms with Crippen LogP contribution < -0.4 is 11.3 Å². The maximum absolute atomic E-state index is 11.3. The van der Waals surface area contributed by atoms with Gasteiger partial charge in [-0.25, -0.2) is 4.98 Å². The second-order valence-corrected chi connectivity index (χ2v) is 2.67. The summed E-state index contributed by atoms with van der Waals surface area (Å²) < 4.78 is 0. The number of hydrogen-bond acceptors (Lipinski definition) is 2. The zero-order valence-electron chi connectivity index (χ0n) is 6.66. The Hall–Kier alpha value is -1.58. The first-order valence-corrected chi connectivity index (χ1v) is 3.73. The molecule has 0 saturated heterocycles. The number of rotatable bonds is 0. The second kappa shape index (κ2) is 2.48. The minimum absolute atomic E-state index is 0.0712. The number of H-pyrrole nitrogens is 1. The highest BCUT2D eigenvalue weighted by molar-refractivity contribution is 6.29. The van der Waals surface area contributed by atoms with Gasteiger partial charge in [-0.05, 0) is 12.1 Å². The summed E-state index contributed by atoms with van der Waals surface area (Å²) >= 11 is 0. The van der Waals surface area contributed by atoms with Gasteiger partial charge in [0.2, 0.25) is 0 Å². The van der Waals surface area contributed by atoms with Crippen molar-refractivity contribution in [1.82, 2.24) is 9.97 Å². The Labute approximate surface area is 69.9 Å². The molecule has 0 spiro atoms. The van der Waals surface area contributed by atoms with Crippen LogP contribution in [0, 0.1) is 0 Å². The highest BCUT2D eigenvalue weighted by Gasteiger charge is 1.97. The second-order valence-electron chi connectivity index (χ2n) is 2.67. The summed E-state index contributed by atoms with van der Waals surface area (Å²) in [4.78, 5) is 18.1. The molecule has 0 fully saturated rings. The van der Waals surface area contributed by atoms with E-state index >= 15 is 0 Å². The van der Waals surface area contributed by atoms with Crippen molar-refractivity contribution < 1.29 is 0 Å². The molecule has 0 amide bonds. The quantitative estimate of drug-likeness (QED) is 0.509. The van der Waals surface area contributed by atoms with Gasteiger partial charge in [-0.15, -0.1) is 0 Å². The molecule has 1 N–H and O–H groups in total. The van der Waals surface area contributed by atoms with Crippen molar-refractivity contribution >= 4 is 24.5 Å². The molecule has 0 unspecified atom stereocenters. The molecule has 1 aromatic heterocycles. The summed E-state index contributed by atoms with van der Waals surface area (Å²) in [5, 5.41) is 0.642. The molecule has 3 nitrogen and oxygen atoms in total. The van der Waals surface area contributed by atoms with Gasteiger partial charge in [0.25, 0.3) is 5.56 Å². The number of nitrogens with one attached hydrogen (secondary N) is 1. The van der Waals surface area contributed by atoms with Gasteiger partial charge in [-0.2, -0.15) is 0 Å². The molecule has 0 radical (unpaired) electrons. The Bertz CT molecular complexity index is 478. The summed E-state index contributed by atoms with van der Waals surface area (Å²) in [6.45, 7) is 0. The van der Waals surface area contributed by atoms with Gasteiger partial charge in [-0.1, -0.05) is 12.1 Å². The van der Waals surface area contributed by atoms with Crippen LogP contribution in [0.5, 0.6) is 0 Å². The Kier molecular flexibility index (Phi) is 1.47. The molecule has 2 aromatic rings. The van der Waals surface area contributed by atoms with E-state index in [1.807, 2.05) is 18.2 Å². The van der Waals surface area contributed by atoms with Gasteiger partial charge in [0.05, 0.1) is 16.6 Å². The van der Waals surface area contributed by atoms with Crippen molar-refractivity contribution in [3.8, 4) is 0 Å². The Morgan fingerprint density at radius 3 is 2.92 bits per heavy atom. The van der Waals surface area contributed by atoms with Crippen LogP contribution in [0.3, 0.4) is 0 Å². The summed E-state index contributed by atoms with van der Waals surface area (Å²) in [5.74, 6) is 0. The molecular weight excluding hydrogens is 151 g/mol. The predicted octanol–water partition coefficient (Wildman–Crippen LogP) is -0.819. The fourth-order valence-electron chi connectivity index (χ4n) is 1.20. The fraction of sp³-hybridized carbons (Fsp3) is 0. The topological polar surface area (TPSA) is 45.8 Å². The molecule has 0 aliphatic heterocycles. The minimum Gasteiger partial charge on any atom is -0.319 e. The lowest BCUT2D eigenvalue weighted by molar-refractivity contribution is 1.24. The maximum Gasteiger partial charge on any atom is 0.258 e.